The second-order valence-corrected chi connectivity index (χ2v) is 8.21. The van der Waals surface area contributed by atoms with E-state index >= 15 is 0 Å². The Bertz CT molecular complexity index is 1100. The number of nitrogens with zero attached hydrogens (tertiary/aromatic N) is 4. The standard InChI is InChI=1S/C20H23N5O7S/c1-4-7-33-19(28)29-8-14-16(30-11(2)26)17(31-12(3)27)20(9-21,32-14)15-6-5-13-18(22)23-10-24-25(13)15/h5-6,10,14,16-17H,4,7-8H2,1-3H3,(H2,22,23,24)/t14-,16-,17-,20+/m1/s1. The van der Waals surface area contributed by atoms with Crippen molar-refractivity contribution in [1.82, 2.24) is 14.6 Å². The first-order valence-electron chi connectivity index (χ1n) is 10.0. The van der Waals surface area contributed by atoms with Crippen molar-refractivity contribution >= 4 is 40.3 Å². The molecule has 0 saturated carbocycles. The molecular weight excluding hydrogens is 454 g/mol. The zero-order valence-electron chi connectivity index (χ0n) is 18.2. The monoisotopic (exact) mass is 477 g/mol. The van der Waals surface area contributed by atoms with Gasteiger partial charge in [-0.05, 0) is 30.3 Å². The van der Waals surface area contributed by atoms with Crippen LogP contribution in [0.25, 0.3) is 5.52 Å². The highest BCUT2D eigenvalue weighted by atomic mass is 32.2. The van der Waals surface area contributed by atoms with Crippen LogP contribution in [-0.4, -0.2) is 62.5 Å². The Balaban J connectivity index is 2.05. The Hall–Kier alpha value is -3.37. The molecule has 0 unspecified atom stereocenters. The Morgan fingerprint density at radius 2 is 2.03 bits per heavy atom. The number of nitrogen functional groups attached to an aromatic ring is 1. The summed E-state index contributed by atoms with van der Waals surface area (Å²) >= 11 is 0.983. The first-order valence-corrected chi connectivity index (χ1v) is 11.0. The second kappa shape index (κ2) is 10.1. The normalized spacial score (nSPS) is 24.2. The van der Waals surface area contributed by atoms with Gasteiger partial charge in [0.25, 0.3) is 0 Å². The van der Waals surface area contributed by atoms with Gasteiger partial charge in [-0.3, -0.25) is 9.59 Å². The maximum atomic E-state index is 12.0. The molecule has 33 heavy (non-hydrogen) atoms. The lowest BCUT2D eigenvalue weighted by Crippen LogP contribution is -2.45. The summed E-state index contributed by atoms with van der Waals surface area (Å²) in [5.74, 6) is -0.710. The number of hydrogen-bond acceptors (Lipinski definition) is 12. The van der Waals surface area contributed by atoms with Gasteiger partial charge >= 0.3 is 17.2 Å². The van der Waals surface area contributed by atoms with E-state index in [-0.39, 0.29) is 18.1 Å². The van der Waals surface area contributed by atoms with Crippen molar-refractivity contribution in [1.29, 1.82) is 5.26 Å². The van der Waals surface area contributed by atoms with E-state index in [1.54, 1.807) is 6.07 Å². The van der Waals surface area contributed by atoms with Crippen molar-refractivity contribution in [3.05, 3.63) is 24.2 Å². The molecule has 13 heteroatoms. The van der Waals surface area contributed by atoms with Gasteiger partial charge in [0.05, 0.1) is 5.69 Å². The van der Waals surface area contributed by atoms with Crippen molar-refractivity contribution in [2.45, 2.75) is 51.1 Å². The number of ether oxygens (including phenoxy) is 4. The second-order valence-electron chi connectivity index (χ2n) is 7.18. The molecule has 1 saturated heterocycles. The van der Waals surface area contributed by atoms with E-state index in [0.29, 0.717) is 11.3 Å². The summed E-state index contributed by atoms with van der Waals surface area (Å²) < 4.78 is 23.5. The van der Waals surface area contributed by atoms with E-state index in [4.69, 9.17) is 24.7 Å². The van der Waals surface area contributed by atoms with Gasteiger partial charge in [0.2, 0.25) is 5.60 Å². The molecule has 0 spiro atoms. The van der Waals surface area contributed by atoms with Gasteiger partial charge in [-0.2, -0.15) is 10.4 Å². The molecular formula is C20H23N5O7S. The van der Waals surface area contributed by atoms with Crippen molar-refractivity contribution < 1.29 is 33.3 Å². The van der Waals surface area contributed by atoms with Crippen LogP contribution in [0.4, 0.5) is 10.6 Å². The molecule has 1 aliphatic heterocycles. The molecule has 0 aliphatic carbocycles. The fourth-order valence-electron chi connectivity index (χ4n) is 3.55. The van der Waals surface area contributed by atoms with Gasteiger partial charge < -0.3 is 24.7 Å². The van der Waals surface area contributed by atoms with Crippen LogP contribution in [0.2, 0.25) is 0 Å². The summed E-state index contributed by atoms with van der Waals surface area (Å²) in [6.07, 6.45) is -1.76. The van der Waals surface area contributed by atoms with Gasteiger partial charge in [0, 0.05) is 19.6 Å². The SMILES string of the molecule is CCCSC(=O)OC[C@H]1O[C@@](C#N)(c2ccc3c(N)ncnn23)[C@H](OC(C)=O)[C@@H]1OC(C)=O. The quantitative estimate of drug-likeness (QED) is 0.452. The minimum absolute atomic E-state index is 0.154. The predicted molar refractivity (Wildman–Crippen MR) is 115 cm³/mol. The molecule has 3 rings (SSSR count). The lowest BCUT2D eigenvalue weighted by molar-refractivity contribution is -0.166. The molecule has 2 N–H and O–H groups in total. The summed E-state index contributed by atoms with van der Waals surface area (Å²) in [5.41, 5.74) is 4.51. The molecule has 0 radical (unpaired) electrons. The largest absolute Gasteiger partial charge is 0.455 e. The van der Waals surface area contributed by atoms with Gasteiger partial charge in [-0.25, -0.2) is 14.3 Å². The molecule has 2 aromatic heterocycles. The Labute approximate surface area is 193 Å². The van der Waals surface area contributed by atoms with Gasteiger partial charge in [-0.1, -0.05) is 6.92 Å². The predicted octanol–water partition coefficient (Wildman–Crippen LogP) is 1.57. The molecule has 0 aromatic carbocycles. The molecule has 12 nitrogen and oxygen atoms in total. The number of anilines is 1. The molecule has 3 heterocycles. The average molecular weight is 477 g/mol. The van der Waals surface area contributed by atoms with Gasteiger partial charge in [0.1, 0.15) is 30.6 Å². The van der Waals surface area contributed by atoms with E-state index in [9.17, 15) is 19.6 Å². The Morgan fingerprint density at radius 1 is 1.30 bits per heavy atom. The van der Waals surface area contributed by atoms with Crippen LogP contribution in [0.3, 0.4) is 0 Å². The number of carbonyl (C=O) groups excluding carboxylic acids is 3. The molecule has 4 atom stereocenters. The molecule has 0 amide bonds. The van der Waals surface area contributed by atoms with E-state index in [1.165, 1.54) is 16.9 Å². The van der Waals surface area contributed by atoms with Crippen molar-refractivity contribution in [3.63, 3.8) is 0 Å². The van der Waals surface area contributed by atoms with Crippen LogP contribution < -0.4 is 5.73 Å². The number of esters is 2. The Kier molecular flexibility index (Phi) is 7.39. The van der Waals surface area contributed by atoms with Crippen molar-refractivity contribution in [3.8, 4) is 6.07 Å². The lowest BCUT2D eigenvalue weighted by atomic mass is 9.92. The first-order chi connectivity index (χ1) is 15.7. The summed E-state index contributed by atoms with van der Waals surface area (Å²) in [6.45, 7) is 3.89. The molecule has 1 fully saturated rings. The zero-order valence-corrected chi connectivity index (χ0v) is 19.0. The number of carbonyl (C=O) groups is 3. The number of fused-ring (bicyclic) bond motifs is 1. The van der Waals surface area contributed by atoms with Gasteiger partial charge in [-0.15, -0.1) is 0 Å². The van der Waals surface area contributed by atoms with Crippen LogP contribution in [0.15, 0.2) is 18.5 Å². The van der Waals surface area contributed by atoms with Crippen LogP contribution in [-0.2, 0) is 34.1 Å². The number of hydrogen-bond donors (Lipinski definition) is 1. The van der Waals surface area contributed by atoms with E-state index in [1.807, 2.05) is 13.0 Å². The number of thioether (sulfide) groups is 1. The maximum absolute atomic E-state index is 12.0. The average Bonchev–Trinajstić information content (AvgIpc) is 3.32. The zero-order chi connectivity index (χ0) is 24.2. The third-order valence-corrected chi connectivity index (χ3v) is 5.78. The summed E-state index contributed by atoms with van der Waals surface area (Å²) in [4.78, 5) is 39.7. The fourth-order valence-corrected chi connectivity index (χ4v) is 4.07. The van der Waals surface area contributed by atoms with Gasteiger partial charge in [0.15, 0.2) is 18.0 Å². The minimum Gasteiger partial charge on any atom is -0.455 e. The molecule has 2 aromatic rings. The summed E-state index contributed by atoms with van der Waals surface area (Å²) in [5, 5.41) is 13.8. The van der Waals surface area contributed by atoms with E-state index < -0.39 is 41.2 Å². The van der Waals surface area contributed by atoms with Crippen molar-refractivity contribution in [2.75, 3.05) is 18.1 Å². The fraction of sp³-hybridized carbons (Fsp3) is 0.500. The molecule has 0 bridgehead atoms. The number of nitriles is 1. The van der Waals surface area contributed by atoms with E-state index in [0.717, 1.165) is 32.0 Å². The third-order valence-electron chi connectivity index (χ3n) is 4.82. The van der Waals surface area contributed by atoms with E-state index in [2.05, 4.69) is 10.1 Å². The van der Waals surface area contributed by atoms with Crippen LogP contribution in [0.5, 0.6) is 0 Å². The minimum atomic E-state index is -1.95. The Morgan fingerprint density at radius 3 is 2.67 bits per heavy atom. The smallest absolute Gasteiger partial charge is 0.367 e. The highest BCUT2D eigenvalue weighted by molar-refractivity contribution is 8.13. The summed E-state index contributed by atoms with van der Waals surface area (Å²) in [7, 11) is 0. The first kappa shape index (κ1) is 24.3. The number of nitrogens with two attached hydrogens (primary N) is 1. The highest BCUT2D eigenvalue weighted by Gasteiger charge is 2.62. The van der Waals surface area contributed by atoms with Crippen LogP contribution >= 0.6 is 11.8 Å². The molecule has 1 aliphatic rings. The maximum Gasteiger partial charge on any atom is 0.367 e. The molecule has 176 valence electrons. The highest BCUT2D eigenvalue weighted by Crippen LogP contribution is 2.43. The van der Waals surface area contributed by atoms with Crippen molar-refractivity contribution in [2.24, 2.45) is 0 Å². The van der Waals surface area contributed by atoms with Crippen LogP contribution in [0, 0.1) is 11.3 Å². The number of rotatable bonds is 7. The topological polar surface area (TPSA) is 168 Å². The summed E-state index contributed by atoms with van der Waals surface area (Å²) in [6, 6.07) is 5.14. The third kappa shape index (κ3) is 4.86. The number of aromatic nitrogens is 3. The lowest BCUT2D eigenvalue weighted by Gasteiger charge is -2.28. The van der Waals surface area contributed by atoms with Crippen LogP contribution in [0.1, 0.15) is 32.9 Å².